The molecule has 1 aliphatic rings. The van der Waals surface area contributed by atoms with Gasteiger partial charge in [0, 0.05) is 12.1 Å². The maximum absolute atomic E-state index is 11.9. The third-order valence-corrected chi connectivity index (χ3v) is 4.07. The largest absolute Gasteiger partial charge is 0.493 e. The number of ether oxygens (including phenoxy) is 1. The predicted molar refractivity (Wildman–Crippen MR) is 91.9 cm³/mol. The van der Waals surface area contributed by atoms with Crippen LogP contribution in [0.25, 0.3) is 0 Å². The second kappa shape index (κ2) is 9.01. The fraction of sp³-hybridized carbons (Fsp3) is 0.588. The molecule has 0 radical (unpaired) electrons. The van der Waals surface area contributed by atoms with E-state index in [1.807, 2.05) is 18.2 Å². The number of nitrogens with one attached hydrogen (secondary N) is 2. The van der Waals surface area contributed by atoms with Crippen LogP contribution in [0.5, 0.6) is 5.75 Å². The zero-order valence-electron chi connectivity index (χ0n) is 13.6. The molecule has 1 saturated heterocycles. The molecular formula is C17H27ClN2O2. The first-order chi connectivity index (χ1) is 10.0. The summed E-state index contributed by atoms with van der Waals surface area (Å²) >= 11 is 0. The van der Waals surface area contributed by atoms with Crippen LogP contribution in [0.4, 0.5) is 0 Å². The molecular weight excluding hydrogens is 300 g/mol. The maximum Gasteiger partial charge on any atom is 0.223 e. The third-order valence-electron chi connectivity index (χ3n) is 4.07. The molecule has 1 aromatic carbocycles. The topological polar surface area (TPSA) is 50.4 Å². The molecule has 1 amide bonds. The van der Waals surface area contributed by atoms with Gasteiger partial charge in [0.2, 0.25) is 5.91 Å². The maximum atomic E-state index is 11.9. The van der Waals surface area contributed by atoms with Gasteiger partial charge in [0.15, 0.2) is 0 Å². The fourth-order valence-corrected chi connectivity index (χ4v) is 2.63. The SMILES string of the molecule is Cc1ccc(OCCC(=O)NC2CCNC(C)C2)cc1C.Cl. The van der Waals surface area contributed by atoms with Crippen molar-refractivity contribution in [3.05, 3.63) is 29.3 Å². The van der Waals surface area contributed by atoms with Crippen LogP contribution in [-0.4, -0.2) is 31.1 Å². The lowest BCUT2D eigenvalue weighted by Gasteiger charge is -2.28. The Labute approximate surface area is 139 Å². The van der Waals surface area contributed by atoms with E-state index >= 15 is 0 Å². The Hall–Kier alpha value is -1.26. The van der Waals surface area contributed by atoms with Gasteiger partial charge in [0.1, 0.15) is 5.75 Å². The van der Waals surface area contributed by atoms with Crippen molar-refractivity contribution in [1.82, 2.24) is 10.6 Å². The van der Waals surface area contributed by atoms with Gasteiger partial charge in [-0.25, -0.2) is 0 Å². The number of amides is 1. The minimum atomic E-state index is 0. The van der Waals surface area contributed by atoms with E-state index in [2.05, 4.69) is 31.4 Å². The van der Waals surface area contributed by atoms with Gasteiger partial charge in [-0.1, -0.05) is 6.07 Å². The molecule has 1 heterocycles. The Morgan fingerprint density at radius 2 is 2.14 bits per heavy atom. The fourth-order valence-electron chi connectivity index (χ4n) is 2.63. The van der Waals surface area contributed by atoms with E-state index in [4.69, 9.17) is 4.74 Å². The number of hydrogen-bond acceptors (Lipinski definition) is 3. The summed E-state index contributed by atoms with van der Waals surface area (Å²) in [6.45, 7) is 7.70. The molecule has 0 saturated carbocycles. The van der Waals surface area contributed by atoms with E-state index in [0.29, 0.717) is 25.1 Å². The molecule has 1 fully saturated rings. The van der Waals surface area contributed by atoms with Gasteiger partial charge in [0.05, 0.1) is 13.0 Å². The van der Waals surface area contributed by atoms with Gasteiger partial charge in [0.25, 0.3) is 0 Å². The summed E-state index contributed by atoms with van der Waals surface area (Å²) in [4.78, 5) is 11.9. The monoisotopic (exact) mass is 326 g/mol. The van der Waals surface area contributed by atoms with Gasteiger partial charge in [-0.05, 0) is 63.4 Å². The molecule has 22 heavy (non-hydrogen) atoms. The molecule has 2 rings (SSSR count). The molecule has 0 aromatic heterocycles. The van der Waals surface area contributed by atoms with Crippen LogP contribution in [0, 0.1) is 13.8 Å². The van der Waals surface area contributed by atoms with Crippen molar-refractivity contribution in [2.24, 2.45) is 0 Å². The lowest BCUT2D eigenvalue weighted by Crippen LogP contribution is -2.46. The standard InChI is InChI=1S/C17H26N2O2.ClH/c1-12-4-5-16(10-13(12)2)21-9-7-17(20)19-15-6-8-18-14(3)11-15;/h4-5,10,14-15,18H,6-9,11H2,1-3H3,(H,19,20);1H. The molecule has 5 heteroatoms. The van der Waals surface area contributed by atoms with Gasteiger partial charge in [-0.3, -0.25) is 4.79 Å². The first-order valence-corrected chi connectivity index (χ1v) is 7.77. The number of carbonyl (C=O) groups is 1. The zero-order valence-corrected chi connectivity index (χ0v) is 14.5. The molecule has 1 aromatic rings. The van der Waals surface area contributed by atoms with E-state index in [0.717, 1.165) is 25.1 Å². The zero-order chi connectivity index (χ0) is 15.2. The molecule has 2 N–H and O–H groups in total. The van der Waals surface area contributed by atoms with E-state index in [-0.39, 0.29) is 18.3 Å². The van der Waals surface area contributed by atoms with Crippen LogP contribution in [0.3, 0.4) is 0 Å². The number of rotatable bonds is 5. The smallest absolute Gasteiger partial charge is 0.223 e. The second-order valence-electron chi connectivity index (χ2n) is 5.99. The van der Waals surface area contributed by atoms with Crippen molar-refractivity contribution in [2.45, 2.75) is 52.1 Å². The van der Waals surface area contributed by atoms with Gasteiger partial charge >= 0.3 is 0 Å². The highest BCUT2D eigenvalue weighted by atomic mass is 35.5. The minimum absolute atomic E-state index is 0. The number of halogens is 1. The lowest BCUT2D eigenvalue weighted by atomic mass is 10.0. The van der Waals surface area contributed by atoms with E-state index < -0.39 is 0 Å². The van der Waals surface area contributed by atoms with Gasteiger partial charge < -0.3 is 15.4 Å². The Bertz CT molecular complexity index is 494. The van der Waals surface area contributed by atoms with Gasteiger partial charge in [-0.2, -0.15) is 0 Å². The third kappa shape index (κ3) is 5.85. The van der Waals surface area contributed by atoms with Crippen molar-refractivity contribution in [1.29, 1.82) is 0 Å². The Kier molecular flexibility index (Phi) is 7.69. The quantitative estimate of drug-likeness (QED) is 0.874. The molecule has 124 valence electrons. The normalized spacial score (nSPS) is 20.9. The van der Waals surface area contributed by atoms with Crippen molar-refractivity contribution in [2.75, 3.05) is 13.2 Å². The van der Waals surface area contributed by atoms with Crippen LogP contribution in [-0.2, 0) is 4.79 Å². The van der Waals surface area contributed by atoms with Crippen LogP contribution in [0.2, 0.25) is 0 Å². The number of benzene rings is 1. The Balaban J connectivity index is 0.00000242. The molecule has 0 bridgehead atoms. The molecule has 4 nitrogen and oxygen atoms in total. The molecule has 0 spiro atoms. The van der Waals surface area contributed by atoms with Crippen molar-refractivity contribution in [3.8, 4) is 5.75 Å². The summed E-state index contributed by atoms with van der Waals surface area (Å²) in [6.07, 6.45) is 2.42. The average molecular weight is 327 g/mol. The second-order valence-corrected chi connectivity index (χ2v) is 5.99. The van der Waals surface area contributed by atoms with E-state index in [1.54, 1.807) is 0 Å². The van der Waals surface area contributed by atoms with Crippen molar-refractivity contribution in [3.63, 3.8) is 0 Å². The predicted octanol–water partition coefficient (Wildman–Crippen LogP) is 2.75. The Morgan fingerprint density at radius 1 is 1.36 bits per heavy atom. The lowest BCUT2D eigenvalue weighted by molar-refractivity contribution is -0.122. The first-order valence-electron chi connectivity index (χ1n) is 7.77. The van der Waals surface area contributed by atoms with Crippen LogP contribution < -0.4 is 15.4 Å². The van der Waals surface area contributed by atoms with Crippen molar-refractivity contribution >= 4 is 18.3 Å². The summed E-state index contributed by atoms with van der Waals surface area (Å²) in [7, 11) is 0. The summed E-state index contributed by atoms with van der Waals surface area (Å²) in [6, 6.07) is 6.80. The molecule has 1 aliphatic heterocycles. The highest BCUT2D eigenvalue weighted by molar-refractivity contribution is 5.85. The molecule has 2 unspecified atom stereocenters. The molecule has 0 aliphatic carbocycles. The number of carbonyl (C=O) groups excluding carboxylic acids is 1. The highest BCUT2D eigenvalue weighted by Gasteiger charge is 2.19. The summed E-state index contributed by atoms with van der Waals surface area (Å²) in [5.41, 5.74) is 2.46. The minimum Gasteiger partial charge on any atom is -0.493 e. The summed E-state index contributed by atoms with van der Waals surface area (Å²) in [5, 5.41) is 6.48. The number of aryl methyl sites for hydroxylation is 2. The Morgan fingerprint density at radius 3 is 2.82 bits per heavy atom. The first kappa shape index (κ1) is 18.8. The number of hydrogen-bond donors (Lipinski definition) is 2. The summed E-state index contributed by atoms with van der Waals surface area (Å²) in [5.74, 6) is 0.916. The summed E-state index contributed by atoms with van der Waals surface area (Å²) < 4.78 is 5.65. The number of piperidine rings is 1. The van der Waals surface area contributed by atoms with Crippen molar-refractivity contribution < 1.29 is 9.53 Å². The van der Waals surface area contributed by atoms with Gasteiger partial charge in [-0.15, -0.1) is 12.4 Å². The van der Waals surface area contributed by atoms with Crippen LogP contribution in [0.1, 0.15) is 37.3 Å². The highest BCUT2D eigenvalue weighted by Crippen LogP contribution is 2.16. The van der Waals surface area contributed by atoms with E-state index in [1.165, 1.54) is 11.1 Å². The average Bonchev–Trinajstić information content (AvgIpc) is 2.43. The van der Waals surface area contributed by atoms with Crippen LogP contribution in [0.15, 0.2) is 18.2 Å². The van der Waals surface area contributed by atoms with Crippen LogP contribution >= 0.6 is 12.4 Å². The molecule has 2 atom stereocenters. The van der Waals surface area contributed by atoms with E-state index in [9.17, 15) is 4.79 Å².